The fourth-order valence-corrected chi connectivity index (χ4v) is 1.49. The van der Waals surface area contributed by atoms with Crippen LogP contribution in [0.4, 0.5) is 5.82 Å². The maximum absolute atomic E-state index is 5.76. The van der Waals surface area contributed by atoms with Crippen LogP contribution in [-0.4, -0.2) is 10.2 Å². The lowest BCUT2D eigenvalue weighted by Crippen LogP contribution is -1.99. The highest BCUT2D eigenvalue weighted by molar-refractivity contribution is 6.29. The minimum atomic E-state index is 0.379. The number of nitrogens with zero attached hydrogens (tertiary/aromatic N) is 2. The van der Waals surface area contributed by atoms with Crippen molar-refractivity contribution in [2.24, 2.45) is 0 Å². The van der Waals surface area contributed by atoms with Crippen LogP contribution in [0.1, 0.15) is 32.3 Å². The Hall–Kier alpha value is -1.09. The highest BCUT2D eigenvalue weighted by atomic mass is 35.5. The van der Waals surface area contributed by atoms with E-state index in [9.17, 15) is 0 Å². The van der Waals surface area contributed by atoms with Gasteiger partial charge in [-0.05, 0) is 25.0 Å². The Bertz CT molecular complexity index is 347. The van der Waals surface area contributed by atoms with E-state index in [-0.39, 0.29) is 0 Å². The largest absolute Gasteiger partial charge is 0.382 e. The van der Waals surface area contributed by atoms with Gasteiger partial charge in [-0.1, -0.05) is 31.0 Å². The van der Waals surface area contributed by atoms with Crippen LogP contribution in [0.15, 0.2) is 12.1 Å². The summed E-state index contributed by atoms with van der Waals surface area (Å²) in [6.07, 6.45) is 4.08. The van der Waals surface area contributed by atoms with Crippen LogP contribution in [0.3, 0.4) is 0 Å². The molecule has 0 bridgehead atoms. The molecule has 1 aromatic heterocycles. The van der Waals surface area contributed by atoms with Crippen molar-refractivity contribution in [1.29, 1.82) is 0 Å². The van der Waals surface area contributed by atoms with Gasteiger partial charge in [-0.15, -0.1) is 10.2 Å². The van der Waals surface area contributed by atoms with Crippen LogP contribution >= 0.6 is 11.6 Å². The Morgan fingerprint density at radius 3 is 2.86 bits per heavy atom. The van der Waals surface area contributed by atoms with Crippen LogP contribution < -0.4 is 5.73 Å². The van der Waals surface area contributed by atoms with Gasteiger partial charge < -0.3 is 5.73 Å². The van der Waals surface area contributed by atoms with Gasteiger partial charge in [-0.25, -0.2) is 0 Å². The van der Waals surface area contributed by atoms with Gasteiger partial charge in [0.15, 0.2) is 11.0 Å². The van der Waals surface area contributed by atoms with Gasteiger partial charge in [-0.2, -0.15) is 0 Å². The minimum absolute atomic E-state index is 0.379. The number of allylic oxidation sites excluding steroid dienone is 2. The molecule has 0 aromatic carbocycles. The summed E-state index contributed by atoms with van der Waals surface area (Å²) in [5, 5.41) is 7.84. The fraction of sp³-hybridized carbons (Fsp3) is 0.400. The molecule has 4 heteroatoms. The molecule has 0 amide bonds. The molecule has 0 saturated heterocycles. The quantitative estimate of drug-likeness (QED) is 0.837. The van der Waals surface area contributed by atoms with Crippen LogP contribution in [0, 0.1) is 0 Å². The molecule has 0 saturated carbocycles. The molecule has 0 fully saturated rings. The lowest BCUT2D eigenvalue weighted by atomic mass is 10.0. The molecule has 0 spiro atoms. The van der Waals surface area contributed by atoms with Crippen molar-refractivity contribution in [3.63, 3.8) is 0 Å². The molecular weight excluding hydrogens is 198 g/mol. The molecule has 3 nitrogen and oxygen atoms in total. The van der Waals surface area contributed by atoms with Gasteiger partial charge in [-0.3, -0.25) is 0 Å². The van der Waals surface area contributed by atoms with Crippen molar-refractivity contribution in [1.82, 2.24) is 10.2 Å². The molecule has 76 valence electrons. The Labute approximate surface area is 89.0 Å². The van der Waals surface area contributed by atoms with Crippen molar-refractivity contribution >= 4 is 23.0 Å². The number of anilines is 1. The van der Waals surface area contributed by atoms with Crippen LogP contribution in [0.2, 0.25) is 5.15 Å². The highest BCUT2D eigenvalue weighted by Crippen LogP contribution is 2.25. The second kappa shape index (κ2) is 4.96. The van der Waals surface area contributed by atoms with Gasteiger partial charge >= 0.3 is 0 Å². The van der Waals surface area contributed by atoms with Gasteiger partial charge in [0, 0.05) is 5.56 Å². The zero-order valence-corrected chi connectivity index (χ0v) is 9.17. The Morgan fingerprint density at radius 2 is 2.29 bits per heavy atom. The monoisotopic (exact) mass is 211 g/mol. The SMILES string of the molecule is C/C=C(\CCC)c1cc(Cl)nnc1N. The summed E-state index contributed by atoms with van der Waals surface area (Å²) in [5.41, 5.74) is 7.79. The lowest BCUT2D eigenvalue weighted by molar-refractivity contribution is 0.964. The molecule has 0 aliphatic heterocycles. The van der Waals surface area contributed by atoms with E-state index in [1.54, 1.807) is 6.07 Å². The maximum atomic E-state index is 5.76. The topological polar surface area (TPSA) is 51.8 Å². The van der Waals surface area contributed by atoms with Gasteiger partial charge in [0.1, 0.15) is 0 Å². The van der Waals surface area contributed by atoms with E-state index in [4.69, 9.17) is 17.3 Å². The first-order valence-electron chi connectivity index (χ1n) is 4.63. The number of hydrogen-bond donors (Lipinski definition) is 1. The third-order valence-electron chi connectivity index (χ3n) is 2.01. The molecule has 14 heavy (non-hydrogen) atoms. The van der Waals surface area contributed by atoms with Gasteiger partial charge in [0.25, 0.3) is 0 Å². The van der Waals surface area contributed by atoms with E-state index in [1.807, 2.05) is 13.0 Å². The van der Waals surface area contributed by atoms with E-state index in [2.05, 4.69) is 17.1 Å². The van der Waals surface area contributed by atoms with E-state index < -0.39 is 0 Å². The Kier molecular flexibility index (Phi) is 3.89. The average Bonchev–Trinajstić information content (AvgIpc) is 2.18. The number of rotatable bonds is 3. The summed E-state index contributed by atoms with van der Waals surface area (Å²) >= 11 is 5.76. The summed E-state index contributed by atoms with van der Waals surface area (Å²) in [6, 6.07) is 1.76. The van der Waals surface area contributed by atoms with Crippen LogP contribution in [-0.2, 0) is 0 Å². The van der Waals surface area contributed by atoms with Crippen molar-refractivity contribution in [3.8, 4) is 0 Å². The first-order valence-corrected chi connectivity index (χ1v) is 5.01. The lowest BCUT2D eigenvalue weighted by Gasteiger charge is -2.07. The van der Waals surface area contributed by atoms with E-state index in [0.717, 1.165) is 18.4 Å². The smallest absolute Gasteiger partial charge is 0.153 e. The zero-order chi connectivity index (χ0) is 10.6. The van der Waals surface area contributed by atoms with Crippen molar-refractivity contribution < 1.29 is 0 Å². The molecular formula is C10H14ClN3. The number of halogens is 1. The number of aromatic nitrogens is 2. The molecule has 0 aliphatic rings. The first-order chi connectivity index (χ1) is 6.69. The van der Waals surface area contributed by atoms with Gasteiger partial charge in [0.05, 0.1) is 0 Å². The summed E-state index contributed by atoms with van der Waals surface area (Å²) in [7, 11) is 0. The van der Waals surface area contributed by atoms with Crippen LogP contribution in [0.25, 0.3) is 5.57 Å². The second-order valence-corrected chi connectivity index (χ2v) is 3.42. The molecule has 2 N–H and O–H groups in total. The third-order valence-corrected chi connectivity index (χ3v) is 2.19. The van der Waals surface area contributed by atoms with Crippen molar-refractivity contribution in [2.45, 2.75) is 26.7 Å². The molecule has 0 aliphatic carbocycles. The highest BCUT2D eigenvalue weighted by Gasteiger charge is 2.07. The third kappa shape index (κ3) is 2.45. The maximum Gasteiger partial charge on any atom is 0.153 e. The first kappa shape index (κ1) is 11.0. The van der Waals surface area contributed by atoms with E-state index >= 15 is 0 Å². The number of nitrogen functional groups attached to an aromatic ring is 1. The predicted octanol–water partition coefficient (Wildman–Crippen LogP) is 2.92. The molecule has 0 radical (unpaired) electrons. The van der Waals surface area contributed by atoms with E-state index in [0.29, 0.717) is 11.0 Å². The fourth-order valence-electron chi connectivity index (χ4n) is 1.34. The Balaban J connectivity index is 3.09. The number of hydrogen-bond acceptors (Lipinski definition) is 3. The predicted molar refractivity (Wildman–Crippen MR) is 60.0 cm³/mol. The molecule has 1 aromatic rings. The standard InChI is InChI=1S/C10H14ClN3/c1-3-5-7(4-2)8-6-9(11)13-14-10(8)12/h4,6H,3,5H2,1-2H3,(H2,12,14)/b7-4+. The van der Waals surface area contributed by atoms with Crippen molar-refractivity contribution in [3.05, 3.63) is 22.9 Å². The second-order valence-electron chi connectivity index (χ2n) is 3.03. The summed E-state index contributed by atoms with van der Waals surface area (Å²) in [4.78, 5) is 0. The summed E-state index contributed by atoms with van der Waals surface area (Å²) in [6.45, 7) is 4.11. The minimum Gasteiger partial charge on any atom is -0.382 e. The van der Waals surface area contributed by atoms with Crippen LogP contribution in [0.5, 0.6) is 0 Å². The summed E-state index contributed by atoms with van der Waals surface area (Å²) < 4.78 is 0. The molecule has 1 heterocycles. The number of nitrogens with two attached hydrogens (primary N) is 1. The molecule has 0 atom stereocenters. The average molecular weight is 212 g/mol. The summed E-state index contributed by atoms with van der Waals surface area (Å²) in [5.74, 6) is 0.441. The van der Waals surface area contributed by atoms with E-state index in [1.165, 1.54) is 5.57 Å². The van der Waals surface area contributed by atoms with Gasteiger partial charge in [0.2, 0.25) is 0 Å². The zero-order valence-electron chi connectivity index (χ0n) is 8.42. The van der Waals surface area contributed by atoms with Crippen molar-refractivity contribution in [2.75, 3.05) is 5.73 Å². The Morgan fingerprint density at radius 1 is 1.57 bits per heavy atom. The molecule has 1 rings (SSSR count). The normalized spacial score (nSPS) is 11.8. The molecule has 0 unspecified atom stereocenters.